The Morgan fingerprint density at radius 3 is 1.74 bits per heavy atom. The molecule has 15 nitrogen and oxygen atoms in total. The first kappa shape index (κ1) is 50.5. The van der Waals surface area contributed by atoms with Crippen molar-refractivity contribution in [2.24, 2.45) is 0 Å². The molecule has 3 aromatic carbocycles. The number of nitrogens with zero attached hydrogens (tertiary/aromatic N) is 1. The molecule has 4 aromatic rings. The van der Waals surface area contributed by atoms with E-state index in [0.29, 0.717) is 18.5 Å². The SMILES string of the molecule is CC(C)(C)OC(=O)CC[C@@H](NC(=O)N[C@@H](CCCCNC(=O)[C@H](Cc1ccc2ccccc2n1)NC(=O)OCC1c2ccccc2-c2ccccc21)C(=O)OC(C)(C)C)C(=O)OC(C)(C)C. The zero-order valence-corrected chi connectivity index (χ0v) is 39.6. The monoisotopic (exact) mass is 907 g/mol. The second-order valence-electron chi connectivity index (χ2n) is 19.4. The summed E-state index contributed by atoms with van der Waals surface area (Å²) in [6.07, 6.45) is -0.0864. The van der Waals surface area contributed by atoms with E-state index in [9.17, 15) is 28.8 Å². The van der Waals surface area contributed by atoms with Gasteiger partial charge in [0.05, 0.1) is 5.52 Å². The van der Waals surface area contributed by atoms with Crippen molar-refractivity contribution < 1.29 is 47.7 Å². The van der Waals surface area contributed by atoms with Crippen molar-refractivity contribution in [3.63, 3.8) is 0 Å². The molecule has 1 aromatic heterocycles. The van der Waals surface area contributed by atoms with E-state index in [1.54, 1.807) is 62.3 Å². The summed E-state index contributed by atoms with van der Waals surface area (Å²) < 4.78 is 22.3. The molecular weight excluding hydrogens is 843 g/mol. The predicted octanol–water partition coefficient (Wildman–Crippen LogP) is 7.81. The number of para-hydroxylation sites is 1. The molecule has 0 fully saturated rings. The number of urea groups is 1. The van der Waals surface area contributed by atoms with Crippen molar-refractivity contribution in [3.8, 4) is 11.1 Å². The maximum atomic E-state index is 13.8. The van der Waals surface area contributed by atoms with Crippen LogP contribution < -0.4 is 21.3 Å². The first-order valence-electron chi connectivity index (χ1n) is 22.5. The van der Waals surface area contributed by atoms with Crippen LogP contribution in [0.5, 0.6) is 0 Å². The highest BCUT2D eigenvalue weighted by Crippen LogP contribution is 2.44. The molecule has 1 aliphatic rings. The van der Waals surface area contributed by atoms with Crippen molar-refractivity contribution in [3.05, 3.63) is 102 Å². The zero-order chi connectivity index (χ0) is 48.2. The lowest BCUT2D eigenvalue weighted by Gasteiger charge is -2.27. The third-order valence-electron chi connectivity index (χ3n) is 10.3. The molecule has 5 rings (SSSR count). The number of esters is 3. The van der Waals surface area contributed by atoms with Gasteiger partial charge in [0.25, 0.3) is 0 Å². The van der Waals surface area contributed by atoms with Gasteiger partial charge in [-0.15, -0.1) is 0 Å². The summed E-state index contributed by atoms with van der Waals surface area (Å²) in [6.45, 7) is 15.6. The maximum Gasteiger partial charge on any atom is 0.407 e. The highest BCUT2D eigenvalue weighted by Gasteiger charge is 2.33. The Hall–Kier alpha value is -6.51. The van der Waals surface area contributed by atoms with Crippen molar-refractivity contribution >= 4 is 46.8 Å². The molecule has 1 heterocycles. The summed E-state index contributed by atoms with van der Waals surface area (Å²) in [7, 11) is 0. The molecule has 1 aliphatic carbocycles. The Labute approximate surface area is 387 Å². The second-order valence-corrected chi connectivity index (χ2v) is 19.4. The fraction of sp³-hybridized carbons (Fsp3) is 0.471. The van der Waals surface area contributed by atoms with Crippen LogP contribution in [0.1, 0.15) is 117 Å². The number of carbonyl (C=O) groups is 6. The van der Waals surface area contributed by atoms with Gasteiger partial charge in [-0.1, -0.05) is 72.8 Å². The van der Waals surface area contributed by atoms with Gasteiger partial charge in [-0.05, 0) is 122 Å². The number of unbranched alkanes of at least 4 members (excludes halogenated alkanes) is 1. The average molecular weight is 908 g/mol. The van der Waals surface area contributed by atoms with E-state index in [0.717, 1.165) is 33.2 Å². The lowest BCUT2D eigenvalue weighted by Crippen LogP contribution is -2.53. The lowest BCUT2D eigenvalue weighted by atomic mass is 9.98. The second kappa shape index (κ2) is 22.1. The van der Waals surface area contributed by atoms with Crippen LogP contribution in [0.25, 0.3) is 22.0 Å². The number of hydrogen-bond donors (Lipinski definition) is 4. The summed E-state index contributed by atoms with van der Waals surface area (Å²) in [6, 6.07) is 23.1. The molecule has 4 amide bonds. The molecule has 15 heteroatoms. The largest absolute Gasteiger partial charge is 0.460 e. The number of amides is 4. The van der Waals surface area contributed by atoms with Crippen LogP contribution in [0.3, 0.4) is 0 Å². The quantitative estimate of drug-likeness (QED) is 0.0431. The molecule has 0 unspecified atom stereocenters. The third kappa shape index (κ3) is 15.6. The number of pyridine rings is 1. The van der Waals surface area contributed by atoms with Gasteiger partial charge in [-0.25, -0.2) is 19.2 Å². The fourth-order valence-corrected chi connectivity index (χ4v) is 7.49. The highest BCUT2D eigenvalue weighted by atomic mass is 16.6. The standard InChI is InChI=1S/C51H65N5O10/c1-49(2,3)64-43(57)28-27-41(46(60)66-51(7,8)9)55-47(61)54-40(45(59)65-50(4,5)6)24-16-17-29-52-44(58)42(30-33-26-25-32-18-10-15-23-39(32)53-33)56-48(62)63-31-38-36-21-13-11-19-34(36)35-20-12-14-22-37(35)38/h10-15,18-23,25-26,38,40-42H,16-17,24,27-31H2,1-9H3,(H,52,58)(H,56,62)(H2,54,55,61)/t40-,41+,42-/m0/s1. The summed E-state index contributed by atoms with van der Waals surface area (Å²) in [4.78, 5) is 84.5. The number of rotatable bonds is 18. The first-order chi connectivity index (χ1) is 31.0. The molecular formula is C51H65N5O10. The molecule has 0 spiro atoms. The Morgan fingerprint density at radius 2 is 1.15 bits per heavy atom. The van der Waals surface area contributed by atoms with E-state index in [1.807, 2.05) is 72.8 Å². The minimum Gasteiger partial charge on any atom is -0.460 e. The van der Waals surface area contributed by atoms with E-state index in [4.69, 9.17) is 23.9 Å². The van der Waals surface area contributed by atoms with E-state index < -0.39 is 70.9 Å². The van der Waals surface area contributed by atoms with Gasteiger partial charge in [0.1, 0.15) is 41.5 Å². The Bertz CT molecular complexity index is 2320. The molecule has 4 N–H and O–H groups in total. The first-order valence-corrected chi connectivity index (χ1v) is 22.5. The van der Waals surface area contributed by atoms with Gasteiger partial charge in [0.2, 0.25) is 5.91 Å². The molecule has 0 aliphatic heterocycles. The molecule has 0 saturated carbocycles. The van der Waals surface area contributed by atoms with Gasteiger partial charge in [0.15, 0.2) is 0 Å². The van der Waals surface area contributed by atoms with E-state index in [-0.39, 0.29) is 44.8 Å². The van der Waals surface area contributed by atoms with Gasteiger partial charge in [0, 0.05) is 36.4 Å². The van der Waals surface area contributed by atoms with E-state index in [1.165, 1.54) is 0 Å². The lowest BCUT2D eigenvalue weighted by molar-refractivity contribution is -0.159. The molecule has 354 valence electrons. The summed E-state index contributed by atoms with van der Waals surface area (Å²) >= 11 is 0. The Balaban J connectivity index is 1.21. The molecule has 0 saturated heterocycles. The number of fused-ring (bicyclic) bond motifs is 4. The number of carbonyl (C=O) groups excluding carboxylic acids is 6. The normalized spacial score (nSPS) is 13.8. The zero-order valence-electron chi connectivity index (χ0n) is 39.6. The van der Waals surface area contributed by atoms with Crippen LogP contribution in [-0.2, 0) is 44.5 Å². The van der Waals surface area contributed by atoms with Gasteiger partial charge < -0.3 is 40.2 Å². The summed E-state index contributed by atoms with van der Waals surface area (Å²) in [5, 5.41) is 11.8. The maximum absolute atomic E-state index is 13.8. The Kier molecular flexibility index (Phi) is 16.9. The topological polar surface area (TPSA) is 200 Å². The van der Waals surface area contributed by atoms with Crippen LogP contribution in [0, 0.1) is 0 Å². The van der Waals surface area contributed by atoms with Gasteiger partial charge in [-0.2, -0.15) is 0 Å². The van der Waals surface area contributed by atoms with Crippen molar-refractivity contribution in [1.82, 2.24) is 26.3 Å². The van der Waals surface area contributed by atoms with Gasteiger partial charge >= 0.3 is 30.0 Å². The summed E-state index contributed by atoms with van der Waals surface area (Å²) in [5.41, 5.74) is 3.16. The number of hydrogen-bond acceptors (Lipinski definition) is 11. The number of nitrogens with one attached hydrogen (secondary N) is 4. The fourth-order valence-electron chi connectivity index (χ4n) is 7.49. The van der Waals surface area contributed by atoms with Crippen LogP contribution >= 0.6 is 0 Å². The van der Waals surface area contributed by atoms with Crippen LogP contribution in [0.4, 0.5) is 9.59 Å². The van der Waals surface area contributed by atoms with Crippen LogP contribution in [-0.4, -0.2) is 89.0 Å². The minimum absolute atomic E-state index is 0.0705. The molecule has 3 atom stereocenters. The minimum atomic E-state index is -1.23. The van der Waals surface area contributed by atoms with Crippen molar-refractivity contribution in [2.45, 2.75) is 142 Å². The van der Waals surface area contributed by atoms with E-state index in [2.05, 4.69) is 33.4 Å². The van der Waals surface area contributed by atoms with Crippen LogP contribution in [0.15, 0.2) is 84.9 Å². The molecule has 0 bridgehead atoms. The number of benzene rings is 3. The molecule has 0 radical (unpaired) electrons. The van der Waals surface area contributed by atoms with Crippen molar-refractivity contribution in [2.75, 3.05) is 13.2 Å². The molecule has 66 heavy (non-hydrogen) atoms. The average Bonchev–Trinajstić information content (AvgIpc) is 3.55. The highest BCUT2D eigenvalue weighted by molar-refractivity contribution is 5.88. The predicted molar refractivity (Wildman–Crippen MR) is 250 cm³/mol. The van der Waals surface area contributed by atoms with Crippen molar-refractivity contribution in [1.29, 1.82) is 0 Å². The third-order valence-corrected chi connectivity index (χ3v) is 10.3. The summed E-state index contributed by atoms with van der Waals surface area (Å²) in [5.74, 6) is -2.63. The number of aromatic nitrogens is 1. The smallest absolute Gasteiger partial charge is 0.407 e. The number of alkyl carbamates (subject to hydrolysis) is 1. The number of ether oxygens (including phenoxy) is 4. The van der Waals surface area contributed by atoms with E-state index >= 15 is 0 Å². The van der Waals surface area contributed by atoms with Gasteiger partial charge in [-0.3, -0.25) is 14.6 Å². The van der Waals surface area contributed by atoms with Crippen LogP contribution in [0.2, 0.25) is 0 Å². The Morgan fingerprint density at radius 1 is 0.606 bits per heavy atom.